The number of carbonyl (C=O) groups excluding carboxylic acids is 1. The molecule has 102 valence electrons. The van der Waals surface area contributed by atoms with E-state index in [0.717, 1.165) is 43.6 Å². The van der Waals surface area contributed by atoms with Gasteiger partial charge in [0.15, 0.2) is 11.9 Å². The highest BCUT2D eigenvalue weighted by Crippen LogP contribution is 2.29. The number of hydrogen-bond donors (Lipinski definition) is 0. The summed E-state index contributed by atoms with van der Waals surface area (Å²) in [6, 6.07) is 7.92. The van der Waals surface area contributed by atoms with E-state index >= 15 is 0 Å². The molecular weight excluding hydrogens is 240 g/mol. The van der Waals surface area contributed by atoms with Gasteiger partial charge in [-0.05, 0) is 37.3 Å². The Kier molecular flexibility index (Phi) is 3.83. The van der Waals surface area contributed by atoms with Gasteiger partial charge >= 0.3 is 0 Å². The summed E-state index contributed by atoms with van der Waals surface area (Å²) in [5.41, 5.74) is 1.15. The van der Waals surface area contributed by atoms with Crippen molar-refractivity contribution in [3.63, 3.8) is 0 Å². The van der Waals surface area contributed by atoms with Gasteiger partial charge in [0.05, 0.1) is 6.10 Å². The molecule has 1 fully saturated rings. The summed E-state index contributed by atoms with van der Waals surface area (Å²) in [5, 5.41) is 0. The molecule has 0 spiro atoms. The first-order valence-electron chi connectivity index (χ1n) is 7.22. The third kappa shape index (κ3) is 2.98. The number of rotatable bonds is 5. The smallest absolute Gasteiger partial charge is 0.173 e. The molecule has 0 amide bonds. The Labute approximate surface area is 113 Å². The van der Waals surface area contributed by atoms with Gasteiger partial charge in [-0.2, -0.15) is 0 Å². The van der Waals surface area contributed by atoms with Crippen LogP contribution in [0.2, 0.25) is 0 Å². The highest BCUT2D eigenvalue weighted by Gasteiger charge is 2.28. The monoisotopic (exact) mass is 260 g/mol. The zero-order chi connectivity index (χ0) is 13.1. The largest absolute Gasteiger partial charge is 0.482 e. The van der Waals surface area contributed by atoms with Crippen LogP contribution in [-0.2, 0) is 16.0 Å². The summed E-state index contributed by atoms with van der Waals surface area (Å²) < 4.78 is 11.3. The SMILES string of the molecule is O=C(CCCC1CCCO1)C1Cc2ccccc2O1. The van der Waals surface area contributed by atoms with Gasteiger partial charge in [0.2, 0.25) is 0 Å². The molecule has 1 saturated heterocycles. The molecule has 3 nitrogen and oxygen atoms in total. The van der Waals surface area contributed by atoms with Crippen LogP contribution in [0.5, 0.6) is 5.75 Å². The lowest BCUT2D eigenvalue weighted by Gasteiger charge is -2.11. The minimum atomic E-state index is -0.262. The molecule has 2 unspecified atom stereocenters. The average molecular weight is 260 g/mol. The number of ether oxygens (including phenoxy) is 2. The lowest BCUT2D eigenvalue weighted by molar-refractivity contribution is -0.125. The maximum atomic E-state index is 12.1. The molecule has 0 aromatic heterocycles. The summed E-state index contributed by atoms with van der Waals surface area (Å²) in [6.07, 6.45) is 5.70. The van der Waals surface area contributed by atoms with Gasteiger partial charge in [-0.3, -0.25) is 4.79 Å². The van der Waals surface area contributed by atoms with E-state index in [2.05, 4.69) is 0 Å². The summed E-state index contributed by atoms with van der Waals surface area (Å²) in [5.74, 6) is 1.11. The third-order valence-corrected chi connectivity index (χ3v) is 3.98. The number of benzene rings is 1. The van der Waals surface area contributed by atoms with Crippen molar-refractivity contribution in [3.05, 3.63) is 29.8 Å². The van der Waals surface area contributed by atoms with Crippen LogP contribution in [0.15, 0.2) is 24.3 Å². The molecule has 19 heavy (non-hydrogen) atoms. The number of ketones is 1. The molecule has 3 heteroatoms. The van der Waals surface area contributed by atoms with E-state index in [1.165, 1.54) is 6.42 Å². The molecule has 2 aliphatic rings. The van der Waals surface area contributed by atoms with E-state index in [9.17, 15) is 4.79 Å². The number of Topliss-reactive ketones (excluding diaryl/α,β-unsaturated/α-hetero) is 1. The summed E-state index contributed by atoms with van der Waals surface area (Å²) in [4.78, 5) is 12.1. The first-order chi connectivity index (χ1) is 9.33. The molecule has 2 heterocycles. The van der Waals surface area contributed by atoms with Crippen molar-refractivity contribution >= 4 is 5.78 Å². The van der Waals surface area contributed by atoms with Crippen molar-refractivity contribution in [2.24, 2.45) is 0 Å². The van der Waals surface area contributed by atoms with Gasteiger partial charge in [0, 0.05) is 19.4 Å². The molecule has 1 aromatic rings. The van der Waals surface area contributed by atoms with Crippen LogP contribution in [0, 0.1) is 0 Å². The maximum Gasteiger partial charge on any atom is 0.173 e. The zero-order valence-corrected chi connectivity index (χ0v) is 11.1. The first kappa shape index (κ1) is 12.7. The molecule has 0 bridgehead atoms. The Hall–Kier alpha value is -1.35. The van der Waals surface area contributed by atoms with E-state index < -0.39 is 0 Å². The van der Waals surface area contributed by atoms with Gasteiger partial charge in [-0.15, -0.1) is 0 Å². The fourth-order valence-electron chi connectivity index (χ4n) is 2.90. The van der Waals surface area contributed by atoms with Crippen LogP contribution in [0.3, 0.4) is 0 Å². The minimum absolute atomic E-state index is 0.231. The van der Waals surface area contributed by atoms with E-state index in [1.54, 1.807) is 0 Å². The number of hydrogen-bond acceptors (Lipinski definition) is 3. The zero-order valence-electron chi connectivity index (χ0n) is 11.1. The molecule has 2 atom stereocenters. The fourth-order valence-corrected chi connectivity index (χ4v) is 2.90. The second-order valence-electron chi connectivity index (χ2n) is 5.41. The van der Waals surface area contributed by atoms with Crippen LogP contribution in [0.4, 0.5) is 0 Å². The molecule has 0 aliphatic carbocycles. The summed E-state index contributed by atoms with van der Waals surface area (Å²) in [7, 11) is 0. The second kappa shape index (κ2) is 5.74. The van der Waals surface area contributed by atoms with Crippen LogP contribution in [0.1, 0.15) is 37.7 Å². The van der Waals surface area contributed by atoms with Crippen molar-refractivity contribution in [1.82, 2.24) is 0 Å². The molecule has 2 aliphatic heterocycles. The third-order valence-electron chi connectivity index (χ3n) is 3.98. The minimum Gasteiger partial charge on any atom is -0.482 e. The van der Waals surface area contributed by atoms with Gasteiger partial charge in [0.25, 0.3) is 0 Å². The highest BCUT2D eigenvalue weighted by molar-refractivity contribution is 5.84. The topological polar surface area (TPSA) is 35.5 Å². The van der Waals surface area contributed by atoms with Crippen molar-refractivity contribution in [2.75, 3.05) is 6.61 Å². The van der Waals surface area contributed by atoms with Crippen LogP contribution >= 0.6 is 0 Å². The summed E-state index contributed by atoms with van der Waals surface area (Å²) in [6.45, 7) is 0.889. The van der Waals surface area contributed by atoms with Crippen LogP contribution < -0.4 is 4.74 Å². The lowest BCUT2D eigenvalue weighted by atomic mass is 10.0. The molecule has 1 aromatic carbocycles. The lowest BCUT2D eigenvalue weighted by Crippen LogP contribution is -2.25. The van der Waals surface area contributed by atoms with E-state index in [1.807, 2.05) is 24.3 Å². The van der Waals surface area contributed by atoms with Gasteiger partial charge < -0.3 is 9.47 Å². The predicted molar refractivity (Wildman–Crippen MR) is 72.4 cm³/mol. The Balaban J connectivity index is 1.44. The van der Waals surface area contributed by atoms with Crippen molar-refractivity contribution in [1.29, 1.82) is 0 Å². The van der Waals surface area contributed by atoms with Crippen molar-refractivity contribution in [3.8, 4) is 5.75 Å². The molecule has 0 radical (unpaired) electrons. The fraction of sp³-hybridized carbons (Fsp3) is 0.562. The van der Waals surface area contributed by atoms with Crippen LogP contribution in [0.25, 0.3) is 0 Å². The maximum absolute atomic E-state index is 12.1. The van der Waals surface area contributed by atoms with E-state index in [0.29, 0.717) is 12.5 Å². The normalized spacial score (nSPS) is 25.1. The quantitative estimate of drug-likeness (QED) is 0.816. The Bertz CT molecular complexity index is 424. The number of carbonyl (C=O) groups is 1. The molecule has 0 saturated carbocycles. The van der Waals surface area contributed by atoms with Gasteiger partial charge in [-0.25, -0.2) is 0 Å². The van der Waals surface area contributed by atoms with Crippen molar-refractivity contribution < 1.29 is 14.3 Å². The number of para-hydroxylation sites is 1. The van der Waals surface area contributed by atoms with Crippen molar-refractivity contribution in [2.45, 2.75) is 50.7 Å². The number of fused-ring (bicyclic) bond motifs is 1. The Morgan fingerprint density at radius 3 is 3.00 bits per heavy atom. The second-order valence-corrected chi connectivity index (χ2v) is 5.41. The molecule has 3 rings (SSSR count). The molecular formula is C16H20O3. The molecule has 0 N–H and O–H groups in total. The Morgan fingerprint density at radius 2 is 2.21 bits per heavy atom. The van der Waals surface area contributed by atoms with Gasteiger partial charge in [-0.1, -0.05) is 18.2 Å². The van der Waals surface area contributed by atoms with E-state index in [4.69, 9.17) is 9.47 Å². The highest BCUT2D eigenvalue weighted by atomic mass is 16.5. The average Bonchev–Trinajstić information content (AvgIpc) is 3.07. The first-order valence-corrected chi connectivity index (χ1v) is 7.22. The van der Waals surface area contributed by atoms with E-state index in [-0.39, 0.29) is 11.9 Å². The predicted octanol–water partition coefficient (Wildman–Crippen LogP) is 2.91. The van der Waals surface area contributed by atoms with Crippen LogP contribution in [-0.4, -0.2) is 24.6 Å². The summed E-state index contributed by atoms with van der Waals surface area (Å²) >= 11 is 0. The van der Waals surface area contributed by atoms with Gasteiger partial charge in [0.1, 0.15) is 5.75 Å². The standard InChI is InChI=1S/C16H20O3/c17-14(8-3-6-13-7-4-10-18-13)16-11-12-5-1-2-9-15(12)19-16/h1-2,5,9,13,16H,3-4,6-8,10-11H2. The Morgan fingerprint density at radius 1 is 1.32 bits per heavy atom.